The minimum atomic E-state index is -0.956. The first-order valence-corrected chi connectivity index (χ1v) is 8.60. The summed E-state index contributed by atoms with van der Waals surface area (Å²) in [5.41, 5.74) is 1.85. The number of benzene rings is 1. The molecule has 0 saturated carbocycles. The van der Waals surface area contributed by atoms with Crippen molar-refractivity contribution in [1.82, 2.24) is 15.1 Å². The van der Waals surface area contributed by atoms with Gasteiger partial charge in [0.25, 0.3) is 5.91 Å². The van der Waals surface area contributed by atoms with Gasteiger partial charge < -0.3 is 10.0 Å². The standard InChI is InChI=1S/C17H18BrN3O3/c1-10-6-7-21(15(8-10)17(23)24)16(22)14-9-13(19-20-14)11-2-4-12(18)5-3-11/h2-5,9-10,15H,6-8H2,1H3,(H,19,20)(H,23,24). The van der Waals surface area contributed by atoms with Gasteiger partial charge >= 0.3 is 5.97 Å². The number of likely N-dealkylation sites (tertiary alicyclic amines) is 1. The molecule has 126 valence electrons. The van der Waals surface area contributed by atoms with Gasteiger partial charge in [0, 0.05) is 16.6 Å². The zero-order valence-corrected chi connectivity index (χ0v) is 14.8. The first kappa shape index (κ1) is 16.7. The highest BCUT2D eigenvalue weighted by molar-refractivity contribution is 9.10. The minimum Gasteiger partial charge on any atom is -0.480 e. The molecule has 0 aliphatic carbocycles. The third kappa shape index (κ3) is 3.36. The molecule has 2 aromatic rings. The van der Waals surface area contributed by atoms with Gasteiger partial charge in [0.2, 0.25) is 0 Å². The molecule has 1 amide bonds. The van der Waals surface area contributed by atoms with Gasteiger partial charge in [-0.05, 0) is 37.0 Å². The van der Waals surface area contributed by atoms with Crippen LogP contribution in [-0.4, -0.2) is 44.7 Å². The van der Waals surface area contributed by atoms with Gasteiger partial charge in [0.1, 0.15) is 11.7 Å². The van der Waals surface area contributed by atoms with Crippen LogP contribution >= 0.6 is 15.9 Å². The molecule has 1 fully saturated rings. The molecule has 24 heavy (non-hydrogen) atoms. The van der Waals surface area contributed by atoms with E-state index in [1.54, 1.807) is 6.07 Å². The molecule has 0 spiro atoms. The molecule has 0 bridgehead atoms. The van der Waals surface area contributed by atoms with Crippen molar-refractivity contribution in [1.29, 1.82) is 0 Å². The number of aromatic nitrogens is 2. The summed E-state index contributed by atoms with van der Waals surface area (Å²) in [5, 5.41) is 16.3. The summed E-state index contributed by atoms with van der Waals surface area (Å²) in [6.45, 7) is 2.46. The van der Waals surface area contributed by atoms with Gasteiger partial charge in [0.05, 0.1) is 5.69 Å². The molecule has 1 aliphatic rings. The number of hydrogen-bond donors (Lipinski definition) is 2. The predicted molar refractivity (Wildman–Crippen MR) is 92.6 cm³/mol. The molecular formula is C17H18BrN3O3. The second-order valence-corrected chi connectivity index (χ2v) is 7.07. The molecule has 1 aliphatic heterocycles. The molecule has 2 unspecified atom stereocenters. The Labute approximate surface area is 148 Å². The molecule has 2 N–H and O–H groups in total. The summed E-state index contributed by atoms with van der Waals surface area (Å²) in [6, 6.07) is 8.49. The van der Waals surface area contributed by atoms with E-state index < -0.39 is 12.0 Å². The molecule has 1 saturated heterocycles. The number of carboxylic acid groups (broad SMARTS) is 1. The maximum Gasteiger partial charge on any atom is 0.326 e. The van der Waals surface area contributed by atoms with Crippen LogP contribution in [0.15, 0.2) is 34.8 Å². The maximum atomic E-state index is 12.7. The quantitative estimate of drug-likeness (QED) is 0.840. The van der Waals surface area contributed by atoms with Crippen molar-refractivity contribution in [3.63, 3.8) is 0 Å². The number of halogens is 1. The number of amides is 1. The Morgan fingerprint density at radius 2 is 2.04 bits per heavy atom. The number of carbonyl (C=O) groups is 2. The number of rotatable bonds is 3. The van der Waals surface area contributed by atoms with E-state index in [0.29, 0.717) is 30.3 Å². The van der Waals surface area contributed by atoms with Crippen LogP contribution in [0.2, 0.25) is 0 Å². The number of aromatic amines is 1. The Morgan fingerprint density at radius 3 is 2.71 bits per heavy atom. The smallest absolute Gasteiger partial charge is 0.326 e. The second-order valence-electron chi connectivity index (χ2n) is 6.16. The summed E-state index contributed by atoms with van der Waals surface area (Å²) in [6.07, 6.45) is 1.29. The van der Waals surface area contributed by atoms with E-state index >= 15 is 0 Å². The Balaban J connectivity index is 1.82. The lowest BCUT2D eigenvalue weighted by Gasteiger charge is -2.35. The number of carboxylic acids is 1. The first-order valence-electron chi connectivity index (χ1n) is 7.81. The molecular weight excluding hydrogens is 374 g/mol. The lowest BCUT2D eigenvalue weighted by molar-refractivity contribution is -0.144. The number of hydrogen-bond acceptors (Lipinski definition) is 3. The third-order valence-corrected chi connectivity index (χ3v) is 4.89. The number of nitrogens with one attached hydrogen (secondary N) is 1. The maximum absolute atomic E-state index is 12.7. The topological polar surface area (TPSA) is 86.3 Å². The molecule has 1 aromatic heterocycles. The molecule has 0 radical (unpaired) electrons. The lowest BCUT2D eigenvalue weighted by atomic mass is 9.92. The largest absolute Gasteiger partial charge is 0.480 e. The lowest BCUT2D eigenvalue weighted by Crippen LogP contribution is -2.49. The van der Waals surface area contributed by atoms with Gasteiger partial charge in [-0.25, -0.2) is 4.79 Å². The van der Waals surface area contributed by atoms with Gasteiger partial charge in [-0.2, -0.15) is 5.10 Å². The van der Waals surface area contributed by atoms with E-state index in [9.17, 15) is 14.7 Å². The Bertz CT molecular complexity index is 757. The first-order chi connectivity index (χ1) is 11.5. The van der Waals surface area contributed by atoms with Crippen molar-refractivity contribution < 1.29 is 14.7 Å². The summed E-state index contributed by atoms with van der Waals surface area (Å²) in [5.74, 6) is -0.969. The van der Waals surface area contributed by atoms with Gasteiger partial charge in [-0.3, -0.25) is 9.89 Å². The highest BCUT2D eigenvalue weighted by Crippen LogP contribution is 2.25. The van der Waals surface area contributed by atoms with Crippen LogP contribution in [0, 0.1) is 5.92 Å². The molecule has 2 heterocycles. The van der Waals surface area contributed by atoms with Crippen molar-refractivity contribution in [3.8, 4) is 11.3 Å². The van der Waals surface area contributed by atoms with Crippen LogP contribution in [0.1, 0.15) is 30.3 Å². The minimum absolute atomic E-state index is 0.301. The SMILES string of the molecule is CC1CCN(C(=O)c2cc(-c3ccc(Br)cc3)n[nH]2)C(C(=O)O)C1. The summed E-state index contributed by atoms with van der Waals surface area (Å²) < 4.78 is 0.963. The van der Waals surface area contributed by atoms with E-state index in [4.69, 9.17) is 0 Å². The van der Waals surface area contributed by atoms with E-state index in [2.05, 4.69) is 26.1 Å². The summed E-state index contributed by atoms with van der Waals surface area (Å²) in [7, 11) is 0. The van der Waals surface area contributed by atoms with Crippen molar-refractivity contribution in [2.45, 2.75) is 25.8 Å². The normalized spacial score (nSPS) is 20.8. The number of carbonyl (C=O) groups excluding carboxylic acids is 1. The Kier molecular flexibility index (Phi) is 4.71. The molecule has 1 aromatic carbocycles. The fraction of sp³-hybridized carbons (Fsp3) is 0.353. The third-order valence-electron chi connectivity index (χ3n) is 4.36. The van der Waals surface area contributed by atoms with Gasteiger partial charge in [0.15, 0.2) is 0 Å². The van der Waals surface area contributed by atoms with Crippen LogP contribution in [0.25, 0.3) is 11.3 Å². The average molecular weight is 392 g/mol. The van der Waals surface area contributed by atoms with E-state index in [1.165, 1.54) is 4.90 Å². The molecule has 6 nitrogen and oxygen atoms in total. The molecule has 3 rings (SSSR count). The van der Waals surface area contributed by atoms with Crippen LogP contribution in [0.5, 0.6) is 0 Å². The molecule has 2 atom stereocenters. The summed E-state index contributed by atoms with van der Waals surface area (Å²) >= 11 is 3.38. The van der Waals surface area contributed by atoms with Crippen molar-refractivity contribution in [3.05, 3.63) is 40.5 Å². The number of H-pyrrole nitrogens is 1. The second kappa shape index (κ2) is 6.76. The molecule has 7 heteroatoms. The van der Waals surface area contributed by atoms with E-state index in [-0.39, 0.29) is 5.91 Å². The fourth-order valence-electron chi connectivity index (χ4n) is 2.97. The monoisotopic (exact) mass is 391 g/mol. The van der Waals surface area contributed by atoms with Crippen LogP contribution in [0.3, 0.4) is 0 Å². The van der Waals surface area contributed by atoms with Crippen LogP contribution in [0.4, 0.5) is 0 Å². The Morgan fingerprint density at radius 1 is 1.33 bits per heavy atom. The van der Waals surface area contributed by atoms with Crippen LogP contribution < -0.4 is 0 Å². The average Bonchev–Trinajstić information content (AvgIpc) is 3.04. The van der Waals surface area contributed by atoms with Crippen molar-refractivity contribution in [2.75, 3.05) is 6.54 Å². The van der Waals surface area contributed by atoms with E-state index in [0.717, 1.165) is 16.5 Å². The predicted octanol–water partition coefficient (Wildman–Crippen LogP) is 3.16. The number of nitrogens with zero attached hydrogens (tertiary/aromatic N) is 2. The van der Waals surface area contributed by atoms with E-state index in [1.807, 2.05) is 31.2 Å². The van der Waals surface area contributed by atoms with Gasteiger partial charge in [-0.1, -0.05) is 35.0 Å². The van der Waals surface area contributed by atoms with Crippen LogP contribution in [-0.2, 0) is 4.79 Å². The fourth-order valence-corrected chi connectivity index (χ4v) is 3.24. The summed E-state index contributed by atoms with van der Waals surface area (Å²) in [4.78, 5) is 25.6. The highest BCUT2D eigenvalue weighted by Gasteiger charge is 2.35. The zero-order chi connectivity index (χ0) is 17.3. The van der Waals surface area contributed by atoms with Crippen molar-refractivity contribution in [2.24, 2.45) is 5.92 Å². The van der Waals surface area contributed by atoms with Crippen molar-refractivity contribution >= 4 is 27.8 Å². The zero-order valence-electron chi connectivity index (χ0n) is 13.2. The number of piperidine rings is 1. The number of aliphatic carboxylic acids is 1. The highest BCUT2D eigenvalue weighted by atomic mass is 79.9. The van der Waals surface area contributed by atoms with Gasteiger partial charge in [-0.15, -0.1) is 0 Å². The Hall–Kier alpha value is -2.15.